The van der Waals surface area contributed by atoms with Crippen molar-refractivity contribution in [2.24, 2.45) is 0 Å². The van der Waals surface area contributed by atoms with E-state index in [1.807, 2.05) is 33.0 Å². The van der Waals surface area contributed by atoms with Crippen LogP contribution in [0.2, 0.25) is 0 Å². The summed E-state index contributed by atoms with van der Waals surface area (Å²) in [5, 5.41) is 4.16. The molecule has 0 aliphatic carbocycles. The molecule has 0 bridgehead atoms. The first-order valence-electron chi connectivity index (χ1n) is 5.21. The SMILES string of the molecule is CC.CC(C)=C1C=CC(Br)=CN1N(C)C. The largest absolute Gasteiger partial charge is 0.281 e. The van der Waals surface area contributed by atoms with E-state index < -0.39 is 0 Å². The van der Waals surface area contributed by atoms with E-state index in [2.05, 4.69) is 53.1 Å². The third-order valence-corrected chi connectivity index (χ3v) is 2.31. The lowest BCUT2D eigenvalue weighted by molar-refractivity contribution is 0.127. The van der Waals surface area contributed by atoms with Crippen LogP contribution >= 0.6 is 15.9 Å². The van der Waals surface area contributed by atoms with Gasteiger partial charge in [0.15, 0.2) is 0 Å². The lowest BCUT2D eigenvalue weighted by Gasteiger charge is -2.31. The molecule has 0 aromatic heterocycles. The molecule has 0 amide bonds. The molecule has 3 heteroatoms. The van der Waals surface area contributed by atoms with Crippen molar-refractivity contribution in [1.82, 2.24) is 10.0 Å². The zero-order valence-electron chi connectivity index (χ0n) is 10.5. The lowest BCUT2D eigenvalue weighted by atomic mass is 10.2. The maximum atomic E-state index is 3.46. The number of hydrazine groups is 1. The Kier molecular flexibility index (Phi) is 6.61. The predicted molar refractivity (Wildman–Crippen MR) is 71.4 cm³/mol. The van der Waals surface area contributed by atoms with Gasteiger partial charge in [0, 0.05) is 24.8 Å². The molecule has 0 saturated carbocycles. The van der Waals surface area contributed by atoms with Crippen LogP contribution in [0, 0.1) is 0 Å². The van der Waals surface area contributed by atoms with E-state index in [0.29, 0.717) is 0 Å². The summed E-state index contributed by atoms with van der Waals surface area (Å²) in [6.45, 7) is 8.23. The van der Waals surface area contributed by atoms with E-state index in [-0.39, 0.29) is 0 Å². The van der Waals surface area contributed by atoms with Gasteiger partial charge in [-0.3, -0.25) is 5.01 Å². The van der Waals surface area contributed by atoms with E-state index in [1.54, 1.807) is 0 Å². The van der Waals surface area contributed by atoms with Gasteiger partial charge < -0.3 is 0 Å². The molecule has 1 aliphatic heterocycles. The summed E-state index contributed by atoms with van der Waals surface area (Å²) in [5.41, 5.74) is 2.54. The Bertz CT molecular complexity index is 284. The van der Waals surface area contributed by atoms with E-state index >= 15 is 0 Å². The molecule has 0 atom stereocenters. The minimum absolute atomic E-state index is 1.09. The van der Waals surface area contributed by atoms with Crippen LogP contribution in [0.25, 0.3) is 0 Å². The molecule has 0 spiro atoms. The van der Waals surface area contributed by atoms with E-state index in [9.17, 15) is 0 Å². The van der Waals surface area contributed by atoms with Crippen molar-refractivity contribution >= 4 is 15.9 Å². The van der Waals surface area contributed by atoms with Gasteiger partial charge in [0.05, 0.1) is 5.70 Å². The minimum atomic E-state index is 1.09. The molecule has 0 fully saturated rings. The number of hydrogen-bond donors (Lipinski definition) is 0. The average molecular weight is 273 g/mol. The summed E-state index contributed by atoms with van der Waals surface area (Å²) in [4.78, 5) is 0. The fourth-order valence-corrected chi connectivity index (χ4v) is 1.52. The summed E-state index contributed by atoms with van der Waals surface area (Å²) >= 11 is 3.46. The topological polar surface area (TPSA) is 6.48 Å². The van der Waals surface area contributed by atoms with Gasteiger partial charge in [-0.05, 0) is 41.9 Å². The first kappa shape index (κ1) is 14.5. The molecule has 0 radical (unpaired) electrons. The molecule has 0 N–H and O–H groups in total. The van der Waals surface area contributed by atoms with Crippen LogP contribution in [-0.2, 0) is 0 Å². The molecule has 1 heterocycles. The number of halogens is 1. The molecule has 1 aliphatic rings. The summed E-state index contributed by atoms with van der Waals surface area (Å²) in [6.07, 6.45) is 6.23. The Morgan fingerprint density at radius 2 is 1.73 bits per heavy atom. The molecule has 0 saturated heterocycles. The molecule has 2 nitrogen and oxygen atoms in total. The smallest absolute Gasteiger partial charge is 0.0560 e. The van der Waals surface area contributed by atoms with Gasteiger partial charge in [0.1, 0.15) is 0 Å². The van der Waals surface area contributed by atoms with Crippen molar-refractivity contribution in [3.63, 3.8) is 0 Å². The maximum Gasteiger partial charge on any atom is 0.0560 e. The van der Waals surface area contributed by atoms with Crippen molar-refractivity contribution in [3.8, 4) is 0 Å². The summed E-state index contributed by atoms with van der Waals surface area (Å²) in [7, 11) is 4.05. The van der Waals surface area contributed by atoms with Crippen LogP contribution < -0.4 is 0 Å². The second kappa shape index (κ2) is 6.85. The van der Waals surface area contributed by atoms with Crippen LogP contribution in [0.15, 0.2) is 34.1 Å². The van der Waals surface area contributed by atoms with E-state index in [1.165, 1.54) is 11.3 Å². The molecular formula is C12H21BrN2. The highest BCUT2D eigenvalue weighted by Crippen LogP contribution is 2.23. The van der Waals surface area contributed by atoms with Crippen LogP contribution in [0.3, 0.4) is 0 Å². The third kappa shape index (κ3) is 4.22. The Balaban J connectivity index is 0.000000921. The van der Waals surface area contributed by atoms with Crippen molar-refractivity contribution in [3.05, 3.63) is 34.1 Å². The van der Waals surface area contributed by atoms with E-state index in [4.69, 9.17) is 0 Å². The molecule has 0 aromatic carbocycles. The third-order valence-electron chi connectivity index (χ3n) is 1.84. The summed E-state index contributed by atoms with van der Waals surface area (Å²) in [5.74, 6) is 0. The molecule has 0 unspecified atom stereocenters. The normalized spacial score (nSPS) is 14.8. The minimum Gasteiger partial charge on any atom is -0.281 e. The molecule has 0 aromatic rings. The summed E-state index contributed by atoms with van der Waals surface area (Å²) in [6, 6.07) is 0. The first-order valence-corrected chi connectivity index (χ1v) is 6.01. The fourth-order valence-electron chi connectivity index (χ4n) is 1.19. The number of rotatable bonds is 1. The highest BCUT2D eigenvalue weighted by atomic mass is 79.9. The average Bonchev–Trinajstić information content (AvgIpc) is 2.20. The lowest BCUT2D eigenvalue weighted by Crippen LogP contribution is -2.32. The standard InChI is InChI=1S/C10H15BrN2.C2H6/c1-8(2)10-6-5-9(11)7-13(10)12(3)4;1-2/h5-7H,1-4H3;1-2H3. The monoisotopic (exact) mass is 272 g/mol. The van der Waals surface area contributed by atoms with Crippen molar-refractivity contribution in [2.75, 3.05) is 14.1 Å². The zero-order chi connectivity index (χ0) is 12.0. The quantitative estimate of drug-likeness (QED) is 0.715. The number of allylic oxidation sites excluding steroid dienone is 4. The summed E-state index contributed by atoms with van der Waals surface area (Å²) < 4.78 is 1.09. The molecule has 86 valence electrons. The molecule has 1 rings (SSSR count). The highest BCUT2D eigenvalue weighted by molar-refractivity contribution is 9.11. The van der Waals surface area contributed by atoms with Gasteiger partial charge in [0.25, 0.3) is 0 Å². The van der Waals surface area contributed by atoms with Crippen molar-refractivity contribution in [2.45, 2.75) is 27.7 Å². The van der Waals surface area contributed by atoms with Crippen LogP contribution in [0.4, 0.5) is 0 Å². The van der Waals surface area contributed by atoms with Gasteiger partial charge in [-0.15, -0.1) is 0 Å². The molecular weight excluding hydrogens is 252 g/mol. The van der Waals surface area contributed by atoms with Gasteiger partial charge in [-0.2, -0.15) is 0 Å². The van der Waals surface area contributed by atoms with Crippen LogP contribution in [-0.4, -0.2) is 24.1 Å². The Morgan fingerprint density at radius 1 is 1.20 bits per heavy atom. The first-order chi connectivity index (χ1) is 7.02. The highest BCUT2D eigenvalue weighted by Gasteiger charge is 2.12. The molecule has 15 heavy (non-hydrogen) atoms. The van der Waals surface area contributed by atoms with Crippen molar-refractivity contribution in [1.29, 1.82) is 0 Å². The van der Waals surface area contributed by atoms with Gasteiger partial charge >= 0.3 is 0 Å². The van der Waals surface area contributed by atoms with Crippen LogP contribution in [0.5, 0.6) is 0 Å². The predicted octanol–water partition coefficient (Wildman–Crippen LogP) is 3.89. The maximum absolute atomic E-state index is 3.46. The van der Waals surface area contributed by atoms with Crippen LogP contribution in [0.1, 0.15) is 27.7 Å². The van der Waals surface area contributed by atoms with Gasteiger partial charge in [-0.1, -0.05) is 19.4 Å². The Hall–Kier alpha value is -0.540. The van der Waals surface area contributed by atoms with Gasteiger partial charge in [-0.25, -0.2) is 5.01 Å². The van der Waals surface area contributed by atoms with E-state index in [0.717, 1.165) is 4.48 Å². The Morgan fingerprint density at radius 3 is 2.13 bits per heavy atom. The zero-order valence-corrected chi connectivity index (χ0v) is 12.1. The second-order valence-corrected chi connectivity index (χ2v) is 4.34. The van der Waals surface area contributed by atoms with Gasteiger partial charge in [0.2, 0.25) is 0 Å². The number of nitrogens with zero attached hydrogens (tertiary/aromatic N) is 2. The Labute approximate surface area is 102 Å². The fraction of sp³-hybridized carbons (Fsp3) is 0.500. The van der Waals surface area contributed by atoms with Crippen molar-refractivity contribution < 1.29 is 0 Å². The number of hydrogen-bond acceptors (Lipinski definition) is 2. The second-order valence-electron chi connectivity index (χ2n) is 3.42.